The van der Waals surface area contributed by atoms with Crippen molar-refractivity contribution in [1.82, 2.24) is 14.7 Å². The minimum Gasteiger partial charge on any atom is -0.495 e. The number of halogens is 1. The summed E-state index contributed by atoms with van der Waals surface area (Å²) < 4.78 is 31.0. The minimum absolute atomic E-state index is 0.0871. The summed E-state index contributed by atoms with van der Waals surface area (Å²) >= 11 is 6.05. The van der Waals surface area contributed by atoms with Crippen molar-refractivity contribution in [3.63, 3.8) is 0 Å². The van der Waals surface area contributed by atoms with Gasteiger partial charge in [-0.15, -0.1) is 0 Å². The van der Waals surface area contributed by atoms with Crippen molar-refractivity contribution in [3.8, 4) is 5.75 Å². The number of rotatable bonds is 6. The van der Waals surface area contributed by atoms with Crippen LogP contribution in [-0.4, -0.2) is 80.3 Å². The number of amides is 1. The highest BCUT2D eigenvalue weighted by atomic mass is 35.5. The quantitative estimate of drug-likeness (QED) is 0.656. The van der Waals surface area contributed by atoms with Crippen LogP contribution in [0.3, 0.4) is 0 Å². The zero-order chi connectivity index (χ0) is 23.8. The number of aromatic nitrogens is 2. The zero-order valence-electron chi connectivity index (χ0n) is 19.2. The molecule has 0 radical (unpaired) electrons. The molecule has 9 nitrogen and oxygen atoms in total. The van der Waals surface area contributed by atoms with Crippen molar-refractivity contribution in [2.24, 2.45) is 0 Å². The second-order valence-electron chi connectivity index (χ2n) is 8.68. The monoisotopic (exact) mass is 495 g/mol. The molecule has 1 amide bonds. The van der Waals surface area contributed by atoms with Gasteiger partial charge in [0.25, 0.3) is 0 Å². The van der Waals surface area contributed by atoms with E-state index in [1.807, 2.05) is 18.5 Å². The maximum absolute atomic E-state index is 12.6. The summed E-state index contributed by atoms with van der Waals surface area (Å²) in [5.41, 5.74) is 3.55. The molecule has 1 N–H and O–H groups in total. The van der Waals surface area contributed by atoms with Crippen LogP contribution in [0.25, 0.3) is 0 Å². The first-order valence-electron chi connectivity index (χ1n) is 11.0. The lowest BCUT2D eigenvalue weighted by atomic mass is 10.2. The maximum atomic E-state index is 12.6. The Morgan fingerprint density at radius 3 is 2.61 bits per heavy atom. The lowest BCUT2D eigenvalue weighted by molar-refractivity contribution is -0.117. The summed E-state index contributed by atoms with van der Waals surface area (Å²) in [7, 11) is -1.42. The van der Waals surface area contributed by atoms with E-state index in [1.165, 1.54) is 0 Å². The van der Waals surface area contributed by atoms with E-state index in [9.17, 15) is 13.2 Å². The minimum atomic E-state index is -2.97. The Hall–Kier alpha value is -2.30. The normalized spacial score (nSPS) is 20.7. The Balaban J connectivity index is 1.36. The van der Waals surface area contributed by atoms with E-state index in [0.29, 0.717) is 22.9 Å². The fraction of sp³-hybridized carbons (Fsp3) is 0.545. The van der Waals surface area contributed by atoms with Gasteiger partial charge in [-0.1, -0.05) is 11.6 Å². The van der Waals surface area contributed by atoms with Crippen LogP contribution >= 0.6 is 11.6 Å². The molecule has 2 fully saturated rings. The first-order chi connectivity index (χ1) is 15.7. The highest BCUT2D eigenvalue weighted by molar-refractivity contribution is 7.91. The molecule has 180 valence electrons. The number of piperazine rings is 1. The summed E-state index contributed by atoms with van der Waals surface area (Å²) in [6, 6.07) is 5.03. The van der Waals surface area contributed by atoms with Gasteiger partial charge in [0.15, 0.2) is 9.84 Å². The molecule has 3 heterocycles. The van der Waals surface area contributed by atoms with E-state index >= 15 is 0 Å². The van der Waals surface area contributed by atoms with Crippen molar-refractivity contribution in [3.05, 3.63) is 34.6 Å². The highest BCUT2D eigenvalue weighted by Crippen LogP contribution is 2.32. The summed E-state index contributed by atoms with van der Waals surface area (Å²) in [6.45, 7) is 7.28. The number of hydrogen-bond donors (Lipinski definition) is 1. The predicted molar refractivity (Wildman–Crippen MR) is 129 cm³/mol. The van der Waals surface area contributed by atoms with E-state index in [1.54, 1.807) is 25.3 Å². The molecule has 0 spiro atoms. The molecule has 1 aromatic heterocycles. The number of benzene rings is 1. The number of carbonyl (C=O) groups excluding carboxylic acids is 1. The molecule has 2 aliphatic heterocycles. The molecule has 0 aliphatic carbocycles. The number of carbonyl (C=O) groups is 1. The van der Waals surface area contributed by atoms with Crippen molar-refractivity contribution in [2.45, 2.75) is 26.3 Å². The predicted octanol–water partition coefficient (Wildman–Crippen LogP) is 2.28. The van der Waals surface area contributed by atoms with Gasteiger partial charge in [0.1, 0.15) is 5.75 Å². The number of hydrogen-bond acceptors (Lipinski definition) is 7. The third-order valence-corrected chi connectivity index (χ3v) is 8.32. The fourth-order valence-electron chi connectivity index (χ4n) is 4.74. The maximum Gasteiger partial charge on any atom is 0.238 e. The summed E-state index contributed by atoms with van der Waals surface area (Å²) in [5.74, 6) is 0.837. The molecule has 1 aromatic carbocycles. The van der Waals surface area contributed by atoms with E-state index in [4.69, 9.17) is 16.3 Å². The van der Waals surface area contributed by atoms with E-state index in [0.717, 1.165) is 43.3 Å². The van der Waals surface area contributed by atoms with Crippen molar-refractivity contribution in [2.75, 3.05) is 61.6 Å². The molecule has 2 aliphatic rings. The van der Waals surface area contributed by atoms with Gasteiger partial charge in [-0.05, 0) is 38.5 Å². The van der Waals surface area contributed by atoms with Crippen LogP contribution in [0.4, 0.5) is 11.4 Å². The molecular formula is C22H30ClN5O4S. The van der Waals surface area contributed by atoms with E-state index in [2.05, 4.69) is 20.2 Å². The lowest BCUT2D eigenvalue weighted by Crippen LogP contribution is -2.49. The van der Waals surface area contributed by atoms with Gasteiger partial charge in [0, 0.05) is 31.2 Å². The third kappa shape index (κ3) is 5.28. The van der Waals surface area contributed by atoms with Crippen LogP contribution in [0.15, 0.2) is 18.2 Å². The van der Waals surface area contributed by atoms with Gasteiger partial charge in [-0.25, -0.2) is 8.42 Å². The van der Waals surface area contributed by atoms with Crippen LogP contribution < -0.4 is 15.0 Å². The van der Waals surface area contributed by atoms with E-state index in [-0.39, 0.29) is 30.0 Å². The number of nitrogens with one attached hydrogen (secondary N) is 1. The number of methoxy groups -OCH3 is 1. The van der Waals surface area contributed by atoms with Gasteiger partial charge in [-0.2, -0.15) is 5.10 Å². The Labute approximate surface area is 199 Å². The number of sulfone groups is 1. The highest BCUT2D eigenvalue weighted by Gasteiger charge is 2.32. The molecule has 0 saturated carbocycles. The Kier molecular flexibility index (Phi) is 6.88. The molecule has 2 saturated heterocycles. The number of aryl methyl sites for hydroxylation is 1. The van der Waals surface area contributed by atoms with Crippen LogP contribution in [0.1, 0.15) is 23.9 Å². The van der Waals surface area contributed by atoms with Gasteiger partial charge >= 0.3 is 0 Å². The van der Waals surface area contributed by atoms with Gasteiger partial charge in [0.2, 0.25) is 5.91 Å². The molecule has 1 atom stereocenters. The summed E-state index contributed by atoms with van der Waals surface area (Å²) in [5, 5.41) is 8.10. The largest absolute Gasteiger partial charge is 0.495 e. The van der Waals surface area contributed by atoms with Crippen LogP contribution in [0.2, 0.25) is 5.02 Å². The first-order valence-corrected chi connectivity index (χ1v) is 13.2. The second-order valence-corrected chi connectivity index (χ2v) is 11.3. The second kappa shape index (κ2) is 9.52. The van der Waals surface area contributed by atoms with Gasteiger partial charge < -0.3 is 15.0 Å². The Bertz CT molecular complexity index is 1140. The fourth-order valence-corrected chi connectivity index (χ4v) is 6.60. The average Bonchev–Trinajstić information content (AvgIpc) is 3.26. The van der Waals surface area contributed by atoms with Crippen molar-refractivity contribution < 1.29 is 17.9 Å². The molecule has 4 rings (SSSR count). The molecule has 1 unspecified atom stereocenters. The average molecular weight is 496 g/mol. The molecule has 11 heteroatoms. The van der Waals surface area contributed by atoms with Gasteiger partial charge in [0.05, 0.1) is 54.0 Å². The SMILES string of the molecule is COc1ccc(Cl)cc1NC(=O)CN1CCN(c2c(C)nn(C3CCS(=O)(=O)C3)c2C)CC1. The van der Waals surface area contributed by atoms with Gasteiger partial charge in [-0.3, -0.25) is 14.4 Å². The number of nitrogens with zero attached hydrogens (tertiary/aromatic N) is 4. The van der Waals surface area contributed by atoms with Crippen LogP contribution in [0.5, 0.6) is 5.75 Å². The lowest BCUT2D eigenvalue weighted by Gasteiger charge is -2.36. The third-order valence-electron chi connectivity index (χ3n) is 6.33. The molecular weight excluding hydrogens is 466 g/mol. The number of ether oxygens (including phenoxy) is 1. The number of anilines is 2. The van der Waals surface area contributed by atoms with E-state index < -0.39 is 9.84 Å². The Morgan fingerprint density at radius 1 is 1.24 bits per heavy atom. The molecule has 33 heavy (non-hydrogen) atoms. The smallest absolute Gasteiger partial charge is 0.238 e. The standard InChI is InChI=1S/C22H30ClN5O4S/c1-15-22(16(2)28(25-15)18-6-11-33(30,31)14-18)27-9-7-26(8-10-27)13-21(29)24-19-12-17(23)4-5-20(19)32-3/h4-5,12,18H,6-11,13-14H2,1-3H3,(H,24,29). The molecule has 2 aromatic rings. The first kappa shape index (κ1) is 23.8. The molecule has 0 bridgehead atoms. The summed E-state index contributed by atoms with van der Waals surface area (Å²) in [4.78, 5) is 17.0. The van der Waals surface area contributed by atoms with Crippen LogP contribution in [-0.2, 0) is 14.6 Å². The Morgan fingerprint density at radius 2 is 1.97 bits per heavy atom. The zero-order valence-corrected chi connectivity index (χ0v) is 20.7. The topological polar surface area (TPSA) is 96.8 Å². The van der Waals surface area contributed by atoms with Crippen molar-refractivity contribution in [1.29, 1.82) is 0 Å². The van der Waals surface area contributed by atoms with Crippen LogP contribution in [0, 0.1) is 13.8 Å². The van der Waals surface area contributed by atoms with Crippen molar-refractivity contribution >= 4 is 38.7 Å². The summed E-state index contributed by atoms with van der Waals surface area (Å²) in [6.07, 6.45) is 0.615.